The number of thiophene rings is 1. The van der Waals surface area contributed by atoms with Crippen LogP contribution in [0.4, 0.5) is 17.2 Å². The van der Waals surface area contributed by atoms with E-state index in [0.29, 0.717) is 44.3 Å². The number of fused-ring (bicyclic) bond motifs is 1. The van der Waals surface area contributed by atoms with Crippen LogP contribution in [0.15, 0.2) is 54.2 Å². The zero-order valence-electron chi connectivity index (χ0n) is 16.8. The number of anilines is 3. The summed E-state index contributed by atoms with van der Waals surface area (Å²) in [6.45, 7) is 1.85. The predicted octanol–water partition coefficient (Wildman–Crippen LogP) is 4.10. The van der Waals surface area contributed by atoms with Gasteiger partial charge in [-0.25, -0.2) is 9.97 Å². The van der Waals surface area contributed by atoms with Crippen LogP contribution in [0.2, 0.25) is 0 Å². The second kappa shape index (κ2) is 8.41. The molecule has 31 heavy (non-hydrogen) atoms. The van der Waals surface area contributed by atoms with Gasteiger partial charge in [-0.05, 0) is 36.8 Å². The van der Waals surface area contributed by atoms with Crippen LogP contribution in [-0.2, 0) is 0 Å². The number of carbonyl (C=O) groups excluding carboxylic acids is 2. The summed E-state index contributed by atoms with van der Waals surface area (Å²) < 4.78 is 5.84. The minimum absolute atomic E-state index is 0.301. The molecule has 2 heterocycles. The molecule has 0 aliphatic carbocycles. The van der Waals surface area contributed by atoms with Crippen molar-refractivity contribution in [3.05, 3.63) is 70.9 Å². The number of aryl methyl sites for hydroxylation is 1. The lowest BCUT2D eigenvalue weighted by Crippen LogP contribution is -2.15. The molecule has 0 bridgehead atoms. The summed E-state index contributed by atoms with van der Waals surface area (Å²) in [5, 5.41) is 7.39. The van der Waals surface area contributed by atoms with E-state index in [0.717, 1.165) is 5.56 Å². The molecule has 0 aliphatic rings. The second-order valence-electron chi connectivity index (χ2n) is 6.76. The van der Waals surface area contributed by atoms with E-state index in [-0.39, 0.29) is 11.8 Å². The molecule has 0 saturated heterocycles. The van der Waals surface area contributed by atoms with Crippen LogP contribution < -0.4 is 21.1 Å². The third-order valence-electron chi connectivity index (χ3n) is 4.70. The summed E-state index contributed by atoms with van der Waals surface area (Å²) in [4.78, 5) is 33.7. The number of ether oxygens (including phenoxy) is 1. The molecule has 156 valence electrons. The highest BCUT2D eigenvalue weighted by Gasteiger charge is 2.17. The number of nitrogens with zero attached hydrogens (tertiary/aromatic N) is 2. The first kappa shape index (κ1) is 20.3. The number of aromatic nitrogens is 2. The Morgan fingerprint density at radius 1 is 1.06 bits per heavy atom. The van der Waals surface area contributed by atoms with Gasteiger partial charge in [0.2, 0.25) is 0 Å². The van der Waals surface area contributed by atoms with E-state index in [4.69, 9.17) is 10.5 Å². The lowest BCUT2D eigenvalue weighted by atomic mass is 10.1. The van der Waals surface area contributed by atoms with Gasteiger partial charge < -0.3 is 21.1 Å². The Hall–Kier alpha value is -3.98. The molecule has 4 N–H and O–H groups in total. The first-order chi connectivity index (χ1) is 15.0. The van der Waals surface area contributed by atoms with Crippen molar-refractivity contribution in [2.24, 2.45) is 0 Å². The summed E-state index contributed by atoms with van der Waals surface area (Å²) in [6.07, 6.45) is 1.33. The highest BCUT2D eigenvalue weighted by molar-refractivity contribution is 7.18. The smallest absolute Gasteiger partial charge is 0.258 e. The van der Waals surface area contributed by atoms with Crippen molar-refractivity contribution in [3.63, 3.8) is 0 Å². The van der Waals surface area contributed by atoms with Gasteiger partial charge in [-0.15, -0.1) is 11.3 Å². The molecule has 0 spiro atoms. The van der Waals surface area contributed by atoms with Crippen LogP contribution in [0, 0.1) is 6.92 Å². The Morgan fingerprint density at radius 2 is 1.90 bits per heavy atom. The van der Waals surface area contributed by atoms with E-state index >= 15 is 0 Å². The Morgan fingerprint density at radius 3 is 2.71 bits per heavy atom. The van der Waals surface area contributed by atoms with Crippen molar-refractivity contribution < 1.29 is 14.3 Å². The zero-order chi connectivity index (χ0) is 22.0. The van der Waals surface area contributed by atoms with Gasteiger partial charge in [-0.2, -0.15) is 0 Å². The van der Waals surface area contributed by atoms with Crippen molar-refractivity contribution in [1.29, 1.82) is 0 Å². The van der Waals surface area contributed by atoms with Gasteiger partial charge in [-0.3, -0.25) is 9.59 Å². The Balaban J connectivity index is 1.56. The van der Waals surface area contributed by atoms with Gasteiger partial charge in [0.1, 0.15) is 17.9 Å². The van der Waals surface area contributed by atoms with E-state index < -0.39 is 0 Å². The van der Waals surface area contributed by atoms with Gasteiger partial charge in [0.15, 0.2) is 0 Å². The van der Waals surface area contributed by atoms with Crippen molar-refractivity contribution in [2.45, 2.75) is 6.92 Å². The lowest BCUT2D eigenvalue weighted by Gasteiger charge is -2.11. The molecule has 0 fully saturated rings. The molecule has 0 atom stereocenters. The van der Waals surface area contributed by atoms with E-state index in [2.05, 4.69) is 20.6 Å². The predicted molar refractivity (Wildman–Crippen MR) is 122 cm³/mol. The van der Waals surface area contributed by atoms with Crippen molar-refractivity contribution >= 4 is 50.6 Å². The molecule has 9 heteroatoms. The number of carbonyl (C=O) groups is 2. The molecule has 0 unspecified atom stereocenters. The lowest BCUT2D eigenvalue weighted by molar-refractivity contribution is 0.101. The molecular weight excluding hydrogens is 414 g/mol. The van der Waals surface area contributed by atoms with Crippen LogP contribution in [0.1, 0.15) is 26.3 Å². The number of rotatable bonds is 5. The number of nitrogens with one attached hydrogen (secondary N) is 2. The van der Waals surface area contributed by atoms with Crippen molar-refractivity contribution in [3.8, 4) is 5.75 Å². The maximum absolute atomic E-state index is 12.9. The average Bonchev–Trinajstić information content (AvgIpc) is 3.21. The van der Waals surface area contributed by atoms with Gasteiger partial charge in [0.05, 0.1) is 22.9 Å². The fraction of sp³-hybridized carbons (Fsp3) is 0.0909. The summed E-state index contributed by atoms with van der Waals surface area (Å²) >= 11 is 1.31. The van der Waals surface area contributed by atoms with Gasteiger partial charge in [0, 0.05) is 28.4 Å². The van der Waals surface area contributed by atoms with E-state index in [1.54, 1.807) is 55.0 Å². The summed E-state index contributed by atoms with van der Waals surface area (Å²) in [6, 6.07) is 12.2. The topological polar surface area (TPSA) is 119 Å². The standard InChI is InChI=1S/C22H19N5O3S/c1-12-6-7-13(21(28)26-14-4-3-5-15(9-14)30-2)8-17(12)27-22(29)16-10-31-19-18(16)24-11-25-20(19)23/h3-11H,1-2H3,(H,26,28)(H,27,29)(H2,23,24,25). The summed E-state index contributed by atoms with van der Waals surface area (Å²) in [7, 11) is 1.56. The number of methoxy groups -OCH3 is 1. The maximum atomic E-state index is 12.9. The molecule has 0 radical (unpaired) electrons. The van der Waals surface area contributed by atoms with Gasteiger partial charge in [-0.1, -0.05) is 12.1 Å². The molecule has 0 aliphatic heterocycles. The average molecular weight is 433 g/mol. The number of hydrogen-bond acceptors (Lipinski definition) is 7. The normalized spacial score (nSPS) is 10.6. The number of benzene rings is 2. The Kier molecular flexibility index (Phi) is 5.50. The number of nitrogens with two attached hydrogens (primary N) is 1. The second-order valence-corrected chi connectivity index (χ2v) is 7.64. The van der Waals surface area contributed by atoms with Gasteiger partial charge in [0.25, 0.3) is 11.8 Å². The van der Waals surface area contributed by atoms with Crippen LogP contribution in [0.5, 0.6) is 5.75 Å². The Labute approximate surface area is 182 Å². The molecule has 2 aromatic carbocycles. The number of nitrogen functional groups attached to an aromatic ring is 1. The third kappa shape index (κ3) is 4.17. The molecule has 4 aromatic rings. The highest BCUT2D eigenvalue weighted by Crippen LogP contribution is 2.28. The fourth-order valence-electron chi connectivity index (χ4n) is 3.02. The fourth-order valence-corrected chi connectivity index (χ4v) is 3.92. The molecule has 8 nitrogen and oxygen atoms in total. The van der Waals surface area contributed by atoms with Crippen LogP contribution in [0.3, 0.4) is 0 Å². The minimum atomic E-state index is -0.335. The quantitative estimate of drug-likeness (QED) is 0.436. The largest absolute Gasteiger partial charge is 0.497 e. The summed E-state index contributed by atoms with van der Waals surface area (Å²) in [5.41, 5.74) is 9.13. The van der Waals surface area contributed by atoms with E-state index in [1.807, 2.05) is 6.92 Å². The number of hydrogen-bond donors (Lipinski definition) is 3. The molecule has 0 saturated carbocycles. The first-order valence-corrected chi connectivity index (χ1v) is 10.2. The zero-order valence-corrected chi connectivity index (χ0v) is 17.6. The summed E-state index contributed by atoms with van der Waals surface area (Å²) in [5.74, 6) is 0.339. The molecule has 2 aromatic heterocycles. The van der Waals surface area contributed by atoms with Gasteiger partial charge >= 0.3 is 0 Å². The monoisotopic (exact) mass is 433 g/mol. The minimum Gasteiger partial charge on any atom is -0.497 e. The first-order valence-electron chi connectivity index (χ1n) is 9.31. The highest BCUT2D eigenvalue weighted by atomic mass is 32.1. The van der Waals surface area contributed by atoms with E-state index in [9.17, 15) is 9.59 Å². The van der Waals surface area contributed by atoms with Crippen molar-refractivity contribution in [2.75, 3.05) is 23.5 Å². The van der Waals surface area contributed by atoms with Crippen LogP contribution >= 0.6 is 11.3 Å². The number of amides is 2. The van der Waals surface area contributed by atoms with E-state index in [1.165, 1.54) is 17.7 Å². The molecular formula is C22H19N5O3S. The van der Waals surface area contributed by atoms with Crippen molar-refractivity contribution in [1.82, 2.24) is 9.97 Å². The molecule has 4 rings (SSSR count). The van der Waals surface area contributed by atoms with Crippen LogP contribution in [0.25, 0.3) is 10.2 Å². The molecule has 2 amide bonds. The van der Waals surface area contributed by atoms with Crippen LogP contribution in [-0.4, -0.2) is 28.9 Å². The Bertz CT molecular complexity index is 1300. The maximum Gasteiger partial charge on any atom is 0.258 e. The SMILES string of the molecule is COc1cccc(NC(=O)c2ccc(C)c(NC(=O)c3csc4c(N)ncnc34)c2)c1. The third-order valence-corrected chi connectivity index (χ3v) is 5.69.